The van der Waals surface area contributed by atoms with Gasteiger partial charge in [-0.05, 0) is 72.8 Å². The fourth-order valence-electron chi connectivity index (χ4n) is 8.84. The Morgan fingerprint density at radius 3 is 1.49 bits per heavy atom. The molecule has 5 heteroatoms. The summed E-state index contributed by atoms with van der Waals surface area (Å²) >= 11 is 0. The molecule has 0 saturated heterocycles. The van der Waals surface area contributed by atoms with E-state index in [9.17, 15) is 10.5 Å². The molecule has 8 aromatic carbocycles. The van der Waals surface area contributed by atoms with Crippen molar-refractivity contribution in [3.63, 3.8) is 0 Å². The van der Waals surface area contributed by atoms with E-state index in [0.29, 0.717) is 11.1 Å². The smallest absolute Gasteiger partial charge is 0.0998 e. The fraction of sp³-hybridized carbons (Fsp3) is 0. The zero-order valence-corrected chi connectivity index (χ0v) is 29.5. The van der Waals surface area contributed by atoms with E-state index in [1.807, 2.05) is 54.6 Å². The van der Waals surface area contributed by atoms with Gasteiger partial charge < -0.3 is 13.7 Å². The van der Waals surface area contributed by atoms with Crippen molar-refractivity contribution in [2.24, 2.45) is 0 Å². The lowest BCUT2D eigenvalue weighted by Gasteiger charge is -2.19. The Morgan fingerprint density at radius 1 is 0.345 bits per heavy atom. The molecule has 0 amide bonds. The Labute approximate surface area is 316 Å². The molecule has 0 radical (unpaired) electrons. The summed E-state index contributed by atoms with van der Waals surface area (Å²) in [5, 5.41) is 27.6. The molecule has 254 valence electrons. The molecule has 3 aromatic heterocycles. The van der Waals surface area contributed by atoms with Crippen molar-refractivity contribution in [3.05, 3.63) is 187 Å². The third-order valence-electron chi connectivity index (χ3n) is 11.1. The molecule has 5 nitrogen and oxygen atoms in total. The molecule has 11 rings (SSSR count). The summed E-state index contributed by atoms with van der Waals surface area (Å²) in [7, 11) is 0. The number of fused-ring (bicyclic) bond motifs is 9. The van der Waals surface area contributed by atoms with Crippen molar-refractivity contribution in [2.75, 3.05) is 0 Å². The predicted octanol–water partition coefficient (Wildman–Crippen LogP) is 12.4. The molecule has 0 atom stereocenters. The highest BCUT2D eigenvalue weighted by Crippen LogP contribution is 2.43. The lowest BCUT2D eigenvalue weighted by Crippen LogP contribution is -2.03. The number of rotatable bonds is 4. The van der Waals surface area contributed by atoms with E-state index in [1.165, 1.54) is 21.8 Å². The Balaban J connectivity index is 1.20. The molecular formula is C50H29N5. The molecule has 0 unspecified atom stereocenters. The van der Waals surface area contributed by atoms with Crippen molar-refractivity contribution < 1.29 is 0 Å². The minimum Gasteiger partial charge on any atom is -0.309 e. The molecular weight excluding hydrogens is 671 g/mol. The second-order valence-corrected chi connectivity index (χ2v) is 13.9. The van der Waals surface area contributed by atoms with Gasteiger partial charge in [-0.2, -0.15) is 10.5 Å². The van der Waals surface area contributed by atoms with Gasteiger partial charge in [0, 0.05) is 49.1 Å². The van der Waals surface area contributed by atoms with Gasteiger partial charge in [0.15, 0.2) is 0 Å². The molecule has 3 heterocycles. The van der Waals surface area contributed by atoms with Crippen LogP contribution in [-0.4, -0.2) is 13.7 Å². The van der Waals surface area contributed by atoms with Crippen LogP contribution < -0.4 is 0 Å². The Bertz CT molecular complexity index is 3420. The average Bonchev–Trinajstić information content (AvgIpc) is 3.88. The Morgan fingerprint density at radius 2 is 0.855 bits per heavy atom. The zero-order valence-electron chi connectivity index (χ0n) is 29.5. The summed E-state index contributed by atoms with van der Waals surface area (Å²) in [6.45, 7) is 0. The quantitative estimate of drug-likeness (QED) is 0.184. The largest absolute Gasteiger partial charge is 0.309 e. The first kappa shape index (κ1) is 30.7. The molecule has 0 bridgehead atoms. The normalized spacial score (nSPS) is 11.6. The predicted molar refractivity (Wildman–Crippen MR) is 224 cm³/mol. The van der Waals surface area contributed by atoms with Gasteiger partial charge >= 0.3 is 0 Å². The van der Waals surface area contributed by atoms with E-state index in [-0.39, 0.29) is 0 Å². The summed E-state index contributed by atoms with van der Waals surface area (Å²) in [6, 6.07) is 65.9. The van der Waals surface area contributed by atoms with Crippen molar-refractivity contribution in [1.82, 2.24) is 13.7 Å². The van der Waals surface area contributed by atoms with E-state index in [1.54, 1.807) is 0 Å². The fourth-order valence-corrected chi connectivity index (χ4v) is 8.84. The standard InChI is InChI=1S/C50H29N5/c51-30-32-24-26-39-37-15-3-8-20-44(37)55(49(39)28-32)46-22-10-5-17-40(46)50-33(31-52)12-11-23-48(50)54-45-21-9-4-16-38(45)41-29-34(25-27-47(41)54)53-42-18-6-1-13-35(42)36-14-2-7-19-43(36)53/h1-29H. The van der Waals surface area contributed by atoms with Crippen LogP contribution in [0.3, 0.4) is 0 Å². The van der Waals surface area contributed by atoms with E-state index < -0.39 is 0 Å². The van der Waals surface area contributed by atoms with Gasteiger partial charge in [0.2, 0.25) is 0 Å². The maximum absolute atomic E-state index is 10.8. The number of nitriles is 2. The van der Waals surface area contributed by atoms with Gasteiger partial charge in [-0.1, -0.05) is 103 Å². The third-order valence-corrected chi connectivity index (χ3v) is 11.1. The molecule has 0 aliphatic heterocycles. The Kier molecular flexibility index (Phi) is 6.61. The summed E-state index contributed by atoms with van der Waals surface area (Å²) in [5.74, 6) is 0. The summed E-state index contributed by atoms with van der Waals surface area (Å²) in [4.78, 5) is 0. The second kappa shape index (κ2) is 11.8. The number of benzene rings is 8. The van der Waals surface area contributed by atoms with Crippen LogP contribution in [0.4, 0.5) is 0 Å². The van der Waals surface area contributed by atoms with Gasteiger partial charge in [0.05, 0.1) is 67.7 Å². The lowest BCUT2D eigenvalue weighted by atomic mass is 9.96. The Hall–Kier alpha value is -7.86. The van der Waals surface area contributed by atoms with Crippen LogP contribution in [0.5, 0.6) is 0 Å². The molecule has 0 aliphatic rings. The van der Waals surface area contributed by atoms with Crippen LogP contribution in [0.2, 0.25) is 0 Å². The highest BCUT2D eigenvalue weighted by molar-refractivity contribution is 6.13. The highest BCUT2D eigenvalue weighted by atomic mass is 15.0. The van der Waals surface area contributed by atoms with Gasteiger partial charge in [-0.25, -0.2) is 0 Å². The van der Waals surface area contributed by atoms with E-state index in [0.717, 1.165) is 71.8 Å². The van der Waals surface area contributed by atoms with Crippen molar-refractivity contribution in [2.45, 2.75) is 0 Å². The maximum Gasteiger partial charge on any atom is 0.0998 e. The van der Waals surface area contributed by atoms with Crippen molar-refractivity contribution >= 4 is 65.4 Å². The first-order valence-electron chi connectivity index (χ1n) is 18.3. The SMILES string of the molecule is N#Cc1ccc2c3ccccc3n(-c3ccccc3-c3c(C#N)cccc3-n3c4ccccc4c4cc(-n5c6ccccc6c6ccccc65)ccc43)c2c1. The minimum absolute atomic E-state index is 0.580. The molecule has 11 aromatic rings. The van der Waals surface area contributed by atoms with Crippen LogP contribution in [0, 0.1) is 22.7 Å². The van der Waals surface area contributed by atoms with Crippen LogP contribution in [0.25, 0.3) is 93.6 Å². The van der Waals surface area contributed by atoms with Gasteiger partial charge in [0.1, 0.15) is 0 Å². The van der Waals surface area contributed by atoms with Gasteiger partial charge in [-0.15, -0.1) is 0 Å². The van der Waals surface area contributed by atoms with Crippen LogP contribution in [0.1, 0.15) is 11.1 Å². The van der Waals surface area contributed by atoms with Crippen molar-refractivity contribution in [3.8, 4) is 40.3 Å². The molecule has 0 spiro atoms. The lowest BCUT2D eigenvalue weighted by molar-refractivity contribution is 1.15. The summed E-state index contributed by atoms with van der Waals surface area (Å²) in [6.07, 6.45) is 0. The number of hydrogen-bond donors (Lipinski definition) is 0. The van der Waals surface area contributed by atoms with Crippen LogP contribution in [0.15, 0.2) is 176 Å². The highest BCUT2D eigenvalue weighted by Gasteiger charge is 2.23. The van der Waals surface area contributed by atoms with Crippen LogP contribution in [-0.2, 0) is 0 Å². The average molecular weight is 700 g/mol. The first-order chi connectivity index (χ1) is 27.2. The number of hydrogen-bond acceptors (Lipinski definition) is 2. The monoisotopic (exact) mass is 699 g/mol. The van der Waals surface area contributed by atoms with Gasteiger partial charge in [-0.3, -0.25) is 0 Å². The molecule has 0 fully saturated rings. The van der Waals surface area contributed by atoms with E-state index >= 15 is 0 Å². The first-order valence-corrected chi connectivity index (χ1v) is 18.3. The molecule has 0 N–H and O–H groups in total. The molecule has 0 aliphatic carbocycles. The van der Waals surface area contributed by atoms with Crippen molar-refractivity contribution in [1.29, 1.82) is 10.5 Å². The minimum atomic E-state index is 0.580. The zero-order chi connectivity index (χ0) is 36.6. The number of aromatic nitrogens is 3. The topological polar surface area (TPSA) is 62.4 Å². The second-order valence-electron chi connectivity index (χ2n) is 13.9. The molecule has 0 saturated carbocycles. The van der Waals surface area contributed by atoms with E-state index in [2.05, 4.69) is 147 Å². The molecule has 55 heavy (non-hydrogen) atoms. The number of nitrogens with zero attached hydrogens (tertiary/aromatic N) is 5. The van der Waals surface area contributed by atoms with Crippen LogP contribution >= 0.6 is 0 Å². The van der Waals surface area contributed by atoms with E-state index in [4.69, 9.17) is 0 Å². The van der Waals surface area contributed by atoms with Gasteiger partial charge in [0.25, 0.3) is 0 Å². The third kappa shape index (κ3) is 4.39. The summed E-state index contributed by atoms with van der Waals surface area (Å²) in [5.41, 5.74) is 12.3. The maximum atomic E-state index is 10.8. The number of para-hydroxylation sites is 5. The summed E-state index contributed by atoms with van der Waals surface area (Å²) < 4.78 is 6.91.